The molecule has 2 heterocycles. The minimum absolute atomic E-state index is 0.0239. The van der Waals surface area contributed by atoms with E-state index in [1.165, 1.54) is 17.5 Å². The Kier molecular flexibility index (Phi) is 4.27. The van der Waals surface area contributed by atoms with Crippen LogP contribution in [0.1, 0.15) is 35.9 Å². The first-order valence-corrected chi connectivity index (χ1v) is 8.48. The molecule has 1 aromatic rings. The number of nitrogens with zero attached hydrogens (tertiary/aromatic N) is 1. The Balaban J connectivity index is 2.39. The van der Waals surface area contributed by atoms with Crippen LogP contribution in [0.25, 0.3) is 0 Å². The Morgan fingerprint density at radius 3 is 2.84 bits per heavy atom. The number of hydrogen-bond acceptors (Lipinski definition) is 5. The van der Waals surface area contributed by atoms with E-state index < -0.39 is 16.0 Å². The molecule has 0 amide bonds. The van der Waals surface area contributed by atoms with Crippen molar-refractivity contribution in [3.63, 3.8) is 0 Å². The second-order valence-electron chi connectivity index (χ2n) is 4.57. The van der Waals surface area contributed by atoms with Gasteiger partial charge in [-0.1, -0.05) is 6.42 Å². The third-order valence-corrected chi connectivity index (χ3v) is 6.41. The molecule has 0 spiro atoms. The van der Waals surface area contributed by atoms with Crippen LogP contribution in [0.5, 0.6) is 0 Å². The summed E-state index contributed by atoms with van der Waals surface area (Å²) in [6.07, 6.45) is 2.76. The van der Waals surface area contributed by atoms with Crippen molar-refractivity contribution in [1.29, 1.82) is 0 Å². The van der Waals surface area contributed by atoms with E-state index in [9.17, 15) is 13.2 Å². The van der Waals surface area contributed by atoms with Gasteiger partial charge in [0.05, 0.1) is 7.11 Å². The Morgan fingerprint density at radius 2 is 2.21 bits per heavy atom. The molecule has 1 saturated heterocycles. The Morgan fingerprint density at radius 1 is 1.47 bits per heavy atom. The monoisotopic (exact) mass is 303 g/mol. The molecule has 7 heteroatoms. The Hall–Kier alpha value is -0.920. The lowest BCUT2D eigenvalue weighted by atomic mass is 10.1. The van der Waals surface area contributed by atoms with Crippen LogP contribution in [0.2, 0.25) is 0 Å². The average molecular weight is 303 g/mol. The predicted octanol–water partition coefficient (Wildman–Crippen LogP) is 2.10. The fourth-order valence-corrected chi connectivity index (χ4v) is 5.31. The molecule has 5 nitrogen and oxygen atoms in total. The highest BCUT2D eigenvalue weighted by Crippen LogP contribution is 2.30. The Bertz CT molecular complexity index is 564. The van der Waals surface area contributed by atoms with E-state index >= 15 is 0 Å². The quantitative estimate of drug-likeness (QED) is 0.802. The zero-order chi connectivity index (χ0) is 14.0. The lowest BCUT2D eigenvalue weighted by Crippen LogP contribution is -2.42. The fourth-order valence-electron chi connectivity index (χ4n) is 2.30. The van der Waals surface area contributed by atoms with Crippen molar-refractivity contribution in [3.05, 3.63) is 16.3 Å². The van der Waals surface area contributed by atoms with Gasteiger partial charge in [0, 0.05) is 12.6 Å². The highest BCUT2D eigenvalue weighted by molar-refractivity contribution is 7.89. The largest absolute Gasteiger partial charge is 0.465 e. The van der Waals surface area contributed by atoms with E-state index in [2.05, 4.69) is 4.74 Å². The normalized spacial score (nSPS) is 21.3. The van der Waals surface area contributed by atoms with Crippen molar-refractivity contribution in [2.24, 2.45) is 0 Å². The smallest absolute Gasteiger partial charge is 0.349 e. The van der Waals surface area contributed by atoms with Crippen molar-refractivity contribution in [1.82, 2.24) is 4.31 Å². The van der Waals surface area contributed by atoms with Gasteiger partial charge in [-0.3, -0.25) is 0 Å². The molecule has 1 atom stereocenters. The number of esters is 1. The maximum atomic E-state index is 12.6. The lowest BCUT2D eigenvalue weighted by molar-refractivity contribution is 0.0602. The standard InChI is InChI=1S/C12H17NO4S2/c1-9-5-3-4-7-13(9)19(15,16)10-6-8-18-11(10)12(14)17-2/h6,8-9H,3-5,7H2,1-2H3. The summed E-state index contributed by atoms with van der Waals surface area (Å²) >= 11 is 1.09. The number of piperidine rings is 1. The first kappa shape index (κ1) is 14.5. The second kappa shape index (κ2) is 5.60. The fraction of sp³-hybridized carbons (Fsp3) is 0.583. The first-order valence-electron chi connectivity index (χ1n) is 6.16. The van der Waals surface area contributed by atoms with E-state index in [0.29, 0.717) is 6.54 Å². The first-order chi connectivity index (χ1) is 8.98. The van der Waals surface area contributed by atoms with Gasteiger partial charge in [0.2, 0.25) is 10.0 Å². The Labute approximate surface area is 117 Å². The van der Waals surface area contributed by atoms with Crippen LogP contribution in [0.15, 0.2) is 16.3 Å². The number of rotatable bonds is 3. The van der Waals surface area contributed by atoms with Crippen molar-refractivity contribution < 1.29 is 17.9 Å². The van der Waals surface area contributed by atoms with Gasteiger partial charge in [0.25, 0.3) is 0 Å². The molecule has 0 bridgehead atoms. The molecule has 2 rings (SSSR count). The summed E-state index contributed by atoms with van der Waals surface area (Å²) in [7, 11) is -2.36. The number of hydrogen-bond donors (Lipinski definition) is 0. The van der Waals surface area contributed by atoms with Crippen LogP contribution in [-0.4, -0.2) is 38.4 Å². The molecule has 1 unspecified atom stereocenters. The van der Waals surface area contributed by atoms with Crippen LogP contribution in [0.4, 0.5) is 0 Å². The van der Waals surface area contributed by atoms with Crippen LogP contribution >= 0.6 is 11.3 Å². The maximum absolute atomic E-state index is 12.6. The molecule has 0 radical (unpaired) electrons. The van der Waals surface area contributed by atoms with E-state index in [1.54, 1.807) is 5.38 Å². The number of carbonyl (C=O) groups excluding carboxylic acids is 1. The highest BCUT2D eigenvalue weighted by Gasteiger charge is 2.34. The molecule has 106 valence electrons. The van der Waals surface area contributed by atoms with Gasteiger partial charge in [0.1, 0.15) is 9.77 Å². The minimum Gasteiger partial charge on any atom is -0.465 e. The zero-order valence-corrected chi connectivity index (χ0v) is 12.6. The molecule has 0 aliphatic carbocycles. The van der Waals surface area contributed by atoms with E-state index in [1.807, 2.05) is 6.92 Å². The zero-order valence-electron chi connectivity index (χ0n) is 11.0. The molecule has 1 aliphatic rings. The third kappa shape index (κ3) is 2.68. The topological polar surface area (TPSA) is 63.7 Å². The second-order valence-corrected chi connectivity index (χ2v) is 7.34. The summed E-state index contributed by atoms with van der Waals surface area (Å²) in [5, 5.41) is 1.60. The van der Waals surface area contributed by atoms with E-state index in [-0.39, 0.29) is 15.8 Å². The molecule has 1 aromatic heterocycles. The summed E-state index contributed by atoms with van der Waals surface area (Å²) in [5.74, 6) is -0.599. The molecular weight excluding hydrogens is 286 g/mol. The van der Waals surface area contributed by atoms with Gasteiger partial charge in [-0.2, -0.15) is 4.31 Å². The maximum Gasteiger partial charge on any atom is 0.349 e. The molecule has 19 heavy (non-hydrogen) atoms. The summed E-state index contributed by atoms with van der Waals surface area (Å²) < 4.78 is 31.4. The molecule has 1 fully saturated rings. The lowest BCUT2D eigenvalue weighted by Gasteiger charge is -2.32. The molecule has 0 aromatic carbocycles. The van der Waals surface area contributed by atoms with Gasteiger partial charge in [-0.25, -0.2) is 13.2 Å². The predicted molar refractivity (Wildman–Crippen MR) is 72.9 cm³/mol. The molecular formula is C12H17NO4S2. The number of carbonyl (C=O) groups is 1. The minimum atomic E-state index is -3.61. The van der Waals surface area contributed by atoms with Gasteiger partial charge in [-0.15, -0.1) is 11.3 Å². The van der Waals surface area contributed by atoms with E-state index in [4.69, 9.17) is 0 Å². The van der Waals surface area contributed by atoms with Crippen molar-refractivity contribution >= 4 is 27.3 Å². The summed E-state index contributed by atoms with van der Waals surface area (Å²) in [4.78, 5) is 11.8. The van der Waals surface area contributed by atoms with Crippen LogP contribution < -0.4 is 0 Å². The highest BCUT2D eigenvalue weighted by atomic mass is 32.2. The van der Waals surface area contributed by atoms with Crippen LogP contribution in [0.3, 0.4) is 0 Å². The average Bonchev–Trinajstić information content (AvgIpc) is 2.88. The number of thiophene rings is 1. The van der Waals surface area contributed by atoms with E-state index in [0.717, 1.165) is 30.6 Å². The van der Waals surface area contributed by atoms with Gasteiger partial charge in [-0.05, 0) is 31.2 Å². The molecule has 0 saturated carbocycles. The van der Waals surface area contributed by atoms with Crippen LogP contribution in [0, 0.1) is 0 Å². The number of methoxy groups -OCH3 is 1. The SMILES string of the molecule is COC(=O)c1sccc1S(=O)(=O)N1CCCCC1C. The number of sulfonamides is 1. The van der Waals surface area contributed by atoms with Gasteiger partial charge < -0.3 is 4.74 Å². The summed E-state index contributed by atoms with van der Waals surface area (Å²) in [6.45, 7) is 2.42. The van der Waals surface area contributed by atoms with Gasteiger partial charge in [0.15, 0.2) is 0 Å². The molecule has 1 aliphatic heterocycles. The van der Waals surface area contributed by atoms with Crippen LogP contribution in [-0.2, 0) is 14.8 Å². The molecule has 0 N–H and O–H groups in total. The van der Waals surface area contributed by atoms with Gasteiger partial charge >= 0.3 is 5.97 Å². The number of ether oxygens (including phenoxy) is 1. The van der Waals surface area contributed by atoms with Crippen molar-refractivity contribution in [3.8, 4) is 0 Å². The summed E-state index contributed by atoms with van der Waals surface area (Å²) in [6, 6.07) is 1.46. The summed E-state index contributed by atoms with van der Waals surface area (Å²) in [5.41, 5.74) is 0. The van der Waals surface area contributed by atoms with Crippen molar-refractivity contribution in [2.75, 3.05) is 13.7 Å². The van der Waals surface area contributed by atoms with Crippen molar-refractivity contribution in [2.45, 2.75) is 37.1 Å². The third-order valence-electron chi connectivity index (χ3n) is 3.33.